The summed E-state index contributed by atoms with van der Waals surface area (Å²) in [5.74, 6) is 5.60. The maximum atomic E-state index is 5.60. The lowest BCUT2D eigenvalue weighted by Gasteiger charge is -2.13. The normalized spacial score (nSPS) is 12.6. The van der Waals surface area contributed by atoms with Crippen LogP contribution in [0.25, 0.3) is 0 Å². The first-order chi connectivity index (χ1) is 8.19. The van der Waals surface area contributed by atoms with Gasteiger partial charge in [0.25, 0.3) is 0 Å². The summed E-state index contributed by atoms with van der Waals surface area (Å²) in [7, 11) is 0. The molecule has 0 aliphatic rings. The molecule has 0 bridgehead atoms. The SMILES string of the molecule is NNC(Cc1ccc(Br)cn1)c1cc(Br)cs1. The number of nitrogens with two attached hydrogens (primary N) is 1. The monoisotopic (exact) mass is 375 g/mol. The van der Waals surface area contributed by atoms with Gasteiger partial charge in [-0.2, -0.15) is 0 Å². The van der Waals surface area contributed by atoms with Gasteiger partial charge in [0.2, 0.25) is 0 Å². The molecule has 17 heavy (non-hydrogen) atoms. The van der Waals surface area contributed by atoms with Crippen molar-refractivity contribution in [2.45, 2.75) is 12.5 Å². The summed E-state index contributed by atoms with van der Waals surface area (Å²) in [6, 6.07) is 6.16. The number of halogens is 2. The molecule has 0 aliphatic carbocycles. The summed E-state index contributed by atoms with van der Waals surface area (Å²) in [5.41, 5.74) is 3.85. The smallest absolute Gasteiger partial charge is 0.0608 e. The minimum absolute atomic E-state index is 0.0972. The quantitative estimate of drug-likeness (QED) is 0.634. The van der Waals surface area contributed by atoms with Gasteiger partial charge in [0.05, 0.1) is 6.04 Å². The van der Waals surface area contributed by atoms with E-state index in [-0.39, 0.29) is 6.04 Å². The fraction of sp³-hybridized carbons (Fsp3) is 0.182. The van der Waals surface area contributed by atoms with Crippen LogP contribution in [0.2, 0.25) is 0 Å². The molecular weight excluding hydrogens is 366 g/mol. The standard InChI is InChI=1S/C11H11Br2N3S/c12-7-1-2-9(15-5-7)4-10(16-14)11-3-8(13)6-17-11/h1-3,5-6,10,16H,4,14H2. The molecule has 2 aromatic rings. The van der Waals surface area contributed by atoms with Crippen molar-refractivity contribution in [1.82, 2.24) is 10.4 Å². The van der Waals surface area contributed by atoms with Crippen molar-refractivity contribution in [3.63, 3.8) is 0 Å². The van der Waals surface area contributed by atoms with Gasteiger partial charge < -0.3 is 0 Å². The Labute approximate surface area is 121 Å². The number of hydrazine groups is 1. The van der Waals surface area contributed by atoms with Crippen LogP contribution in [-0.4, -0.2) is 4.98 Å². The molecule has 1 atom stereocenters. The van der Waals surface area contributed by atoms with Gasteiger partial charge in [-0.25, -0.2) is 0 Å². The van der Waals surface area contributed by atoms with Crippen LogP contribution in [0.1, 0.15) is 16.6 Å². The Balaban J connectivity index is 2.12. The molecule has 0 fully saturated rings. The van der Waals surface area contributed by atoms with Crippen LogP contribution in [0.5, 0.6) is 0 Å². The predicted molar refractivity (Wildman–Crippen MR) is 77.7 cm³/mol. The first-order valence-electron chi connectivity index (χ1n) is 4.99. The summed E-state index contributed by atoms with van der Waals surface area (Å²) in [4.78, 5) is 5.55. The van der Waals surface area contributed by atoms with Gasteiger partial charge in [0, 0.05) is 37.5 Å². The van der Waals surface area contributed by atoms with Crippen molar-refractivity contribution in [3.05, 3.63) is 49.3 Å². The van der Waals surface area contributed by atoms with E-state index in [1.807, 2.05) is 12.1 Å². The highest BCUT2D eigenvalue weighted by Crippen LogP contribution is 2.27. The molecule has 6 heteroatoms. The molecule has 90 valence electrons. The molecule has 2 heterocycles. The Kier molecular flexibility index (Phi) is 4.69. The zero-order valence-electron chi connectivity index (χ0n) is 8.86. The largest absolute Gasteiger partial charge is 0.271 e. The second-order valence-electron chi connectivity index (χ2n) is 3.56. The van der Waals surface area contributed by atoms with Crippen LogP contribution >= 0.6 is 43.2 Å². The van der Waals surface area contributed by atoms with E-state index >= 15 is 0 Å². The van der Waals surface area contributed by atoms with Gasteiger partial charge in [-0.15, -0.1) is 11.3 Å². The van der Waals surface area contributed by atoms with Gasteiger partial charge in [-0.3, -0.25) is 16.3 Å². The van der Waals surface area contributed by atoms with E-state index in [4.69, 9.17) is 5.84 Å². The van der Waals surface area contributed by atoms with Crippen LogP contribution in [0.4, 0.5) is 0 Å². The van der Waals surface area contributed by atoms with Gasteiger partial charge in [-0.05, 0) is 50.1 Å². The summed E-state index contributed by atoms with van der Waals surface area (Å²) in [6.45, 7) is 0. The van der Waals surface area contributed by atoms with E-state index < -0.39 is 0 Å². The Morgan fingerprint density at radius 1 is 1.35 bits per heavy atom. The number of rotatable bonds is 4. The zero-order valence-corrected chi connectivity index (χ0v) is 12.8. The maximum absolute atomic E-state index is 5.60. The molecule has 0 aromatic carbocycles. The second-order valence-corrected chi connectivity index (χ2v) is 6.33. The van der Waals surface area contributed by atoms with E-state index in [0.29, 0.717) is 0 Å². The molecular formula is C11H11Br2N3S. The number of aromatic nitrogens is 1. The van der Waals surface area contributed by atoms with Gasteiger partial charge in [0.1, 0.15) is 0 Å². The summed E-state index contributed by atoms with van der Waals surface area (Å²) >= 11 is 8.49. The molecule has 0 amide bonds. The summed E-state index contributed by atoms with van der Waals surface area (Å²) in [6.07, 6.45) is 2.57. The van der Waals surface area contributed by atoms with E-state index in [2.05, 4.69) is 53.7 Å². The average molecular weight is 377 g/mol. The van der Waals surface area contributed by atoms with Gasteiger partial charge in [-0.1, -0.05) is 0 Å². The third-order valence-electron chi connectivity index (χ3n) is 2.33. The van der Waals surface area contributed by atoms with E-state index in [1.54, 1.807) is 17.5 Å². The zero-order chi connectivity index (χ0) is 12.3. The highest BCUT2D eigenvalue weighted by atomic mass is 79.9. The van der Waals surface area contributed by atoms with Crippen molar-refractivity contribution >= 4 is 43.2 Å². The first kappa shape index (κ1) is 13.2. The highest BCUT2D eigenvalue weighted by molar-refractivity contribution is 9.10. The second kappa shape index (κ2) is 6.06. The third-order valence-corrected chi connectivity index (χ3v) is 4.61. The lowest BCUT2D eigenvalue weighted by molar-refractivity contribution is 0.554. The third kappa shape index (κ3) is 3.59. The Bertz CT molecular complexity index is 484. The van der Waals surface area contributed by atoms with Crippen molar-refractivity contribution in [2.24, 2.45) is 5.84 Å². The average Bonchev–Trinajstić information content (AvgIpc) is 2.75. The number of nitrogens with zero attached hydrogens (tertiary/aromatic N) is 1. The first-order valence-corrected chi connectivity index (χ1v) is 7.46. The Morgan fingerprint density at radius 2 is 2.18 bits per heavy atom. The lowest BCUT2D eigenvalue weighted by atomic mass is 10.1. The summed E-state index contributed by atoms with van der Waals surface area (Å²) in [5, 5.41) is 2.05. The molecule has 0 saturated heterocycles. The molecule has 1 unspecified atom stereocenters. The van der Waals surface area contributed by atoms with Crippen LogP contribution in [0, 0.1) is 0 Å². The van der Waals surface area contributed by atoms with Gasteiger partial charge >= 0.3 is 0 Å². The molecule has 2 aromatic heterocycles. The number of hydrogen-bond donors (Lipinski definition) is 2. The van der Waals surface area contributed by atoms with E-state index in [1.165, 1.54) is 4.88 Å². The minimum atomic E-state index is 0.0972. The van der Waals surface area contributed by atoms with E-state index in [0.717, 1.165) is 21.1 Å². The van der Waals surface area contributed by atoms with Crippen LogP contribution in [-0.2, 0) is 6.42 Å². The highest BCUT2D eigenvalue weighted by Gasteiger charge is 2.13. The fourth-order valence-electron chi connectivity index (χ4n) is 1.49. The Hall–Kier alpha value is -0.270. The predicted octanol–water partition coefficient (Wildman–Crippen LogP) is 3.42. The topological polar surface area (TPSA) is 50.9 Å². The lowest BCUT2D eigenvalue weighted by Crippen LogP contribution is -2.29. The van der Waals surface area contributed by atoms with Crippen LogP contribution in [0.3, 0.4) is 0 Å². The van der Waals surface area contributed by atoms with Crippen molar-refractivity contribution in [1.29, 1.82) is 0 Å². The molecule has 0 saturated carbocycles. The molecule has 3 N–H and O–H groups in total. The molecule has 0 spiro atoms. The molecule has 0 aliphatic heterocycles. The Morgan fingerprint density at radius 3 is 2.71 bits per heavy atom. The van der Waals surface area contributed by atoms with Gasteiger partial charge in [0.15, 0.2) is 0 Å². The number of thiophene rings is 1. The van der Waals surface area contributed by atoms with Crippen molar-refractivity contribution in [3.8, 4) is 0 Å². The van der Waals surface area contributed by atoms with Crippen LogP contribution in [0.15, 0.2) is 38.7 Å². The number of hydrogen-bond acceptors (Lipinski definition) is 4. The van der Waals surface area contributed by atoms with Crippen molar-refractivity contribution < 1.29 is 0 Å². The van der Waals surface area contributed by atoms with Crippen LogP contribution < -0.4 is 11.3 Å². The number of pyridine rings is 1. The minimum Gasteiger partial charge on any atom is -0.271 e. The van der Waals surface area contributed by atoms with E-state index in [9.17, 15) is 0 Å². The number of nitrogens with one attached hydrogen (secondary N) is 1. The van der Waals surface area contributed by atoms with Crippen molar-refractivity contribution in [2.75, 3.05) is 0 Å². The fourth-order valence-corrected chi connectivity index (χ4v) is 3.23. The maximum Gasteiger partial charge on any atom is 0.0608 e. The molecule has 2 rings (SSSR count). The molecule has 3 nitrogen and oxygen atoms in total. The molecule has 0 radical (unpaired) electrons. The summed E-state index contributed by atoms with van der Waals surface area (Å²) < 4.78 is 2.07.